The number of carbonyl (C=O) groups is 2. The fourth-order valence-corrected chi connectivity index (χ4v) is 4.21. The van der Waals surface area contributed by atoms with Crippen LogP contribution in [-0.2, 0) is 28.2 Å². The Labute approximate surface area is 170 Å². The zero-order chi connectivity index (χ0) is 22.2. The lowest BCUT2D eigenvalue weighted by molar-refractivity contribution is -0.214. The Bertz CT molecular complexity index is 702. The Morgan fingerprint density at radius 1 is 1.34 bits per heavy atom. The first-order chi connectivity index (χ1) is 13.2. The minimum absolute atomic E-state index is 0.226. The molecule has 12 heteroatoms. The van der Waals surface area contributed by atoms with Crippen molar-refractivity contribution >= 4 is 20.2 Å². The molecular formula is C17H30N4O7Si. The number of ether oxygens (including phenoxy) is 3. The molecule has 2 heterocycles. The number of carboxylic acid groups (broad SMARTS) is 1. The minimum atomic E-state index is -2.48. The zero-order valence-corrected chi connectivity index (χ0v) is 18.8. The summed E-state index contributed by atoms with van der Waals surface area (Å²) in [6.45, 7) is 12.8. The maximum atomic E-state index is 12.9. The first kappa shape index (κ1) is 23.6. The van der Waals surface area contributed by atoms with E-state index in [1.54, 1.807) is 13.8 Å². The van der Waals surface area contributed by atoms with Crippen molar-refractivity contribution < 1.29 is 33.3 Å². The van der Waals surface area contributed by atoms with E-state index in [2.05, 4.69) is 15.3 Å². The van der Waals surface area contributed by atoms with Crippen LogP contribution < -0.4 is 5.32 Å². The van der Waals surface area contributed by atoms with Crippen molar-refractivity contribution in [1.82, 2.24) is 5.32 Å². The average Bonchev–Trinajstić information content (AvgIpc) is 3.02. The molecule has 1 amide bonds. The number of fused-ring (bicyclic) bond motifs is 1. The molecule has 0 radical (unpaired) electrons. The van der Waals surface area contributed by atoms with Crippen LogP contribution in [0.25, 0.3) is 10.4 Å². The highest BCUT2D eigenvalue weighted by atomic mass is 28.4. The Morgan fingerprint density at radius 2 is 1.97 bits per heavy atom. The van der Waals surface area contributed by atoms with E-state index in [-0.39, 0.29) is 5.04 Å². The number of rotatable bonds is 7. The summed E-state index contributed by atoms with van der Waals surface area (Å²) in [7, 11) is -2.48. The van der Waals surface area contributed by atoms with Crippen LogP contribution in [0, 0.1) is 0 Å². The lowest BCUT2D eigenvalue weighted by atomic mass is 10.0. The van der Waals surface area contributed by atoms with Gasteiger partial charge in [-0.3, -0.25) is 9.59 Å². The first-order valence-corrected chi connectivity index (χ1v) is 12.3. The normalized spacial score (nSPS) is 29.6. The van der Waals surface area contributed by atoms with Gasteiger partial charge in [0.05, 0.1) is 6.04 Å². The number of nitrogens with zero attached hydrogens (tertiary/aromatic N) is 3. The summed E-state index contributed by atoms with van der Waals surface area (Å²) in [6.07, 6.45) is -3.71. The average molecular weight is 431 g/mol. The van der Waals surface area contributed by atoms with Crippen molar-refractivity contribution in [3.63, 3.8) is 0 Å². The molecule has 2 fully saturated rings. The molecule has 5 atom stereocenters. The maximum absolute atomic E-state index is 12.9. The lowest BCUT2D eigenvalue weighted by Gasteiger charge is -2.40. The van der Waals surface area contributed by atoms with E-state index in [1.807, 2.05) is 33.9 Å². The number of amides is 1. The Balaban J connectivity index is 2.35. The zero-order valence-electron chi connectivity index (χ0n) is 17.8. The van der Waals surface area contributed by atoms with Crippen LogP contribution in [0.4, 0.5) is 0 Å². The predicted octanol–water partition coefficient (Wildman–Crippen LogP) is 2.13. The third kappa shape index (κ3) is 5.27. The number of nitrogens with one attached hydrogen (secondary N) is 1. The van der Waals surface area contributed by atoms with Crippen molar-refractivity contribution in [3.05, 3.63) is 10.4 Å². The van der Waals surface area contributed by atoms with E-state index in [4.69, 9.17) is 29.3 Å². The molecule has 0 spiro atoms. The van der Waals surface area contributed by atoms with Crippen LogP contribution in [0.3, 0.4) is 0 Å². The summed E-state index contributed by atoms with van der Waals surface area (Å²) in [5.41, 5.74) is 9.05. The van der Waals surface area contributed by atoms with Crippen molar-refractivity contribution in [1.29, 1.82) is 0 Å². The highest BCUT2D eigenvalue weighted by molar-refractivity contribution is 6.74. The molecule has 11 nitrogen and oxygen atoms in total. The molecule has 0 aromatic heterocycles. The summed E-state index contributed by atoms with van der Waals surface area (Å²) in [6, 6.07) is -0.878. The molecule has 2 aliphatic rings. The summed E-state index contributed by atoms with van der Waals surface area (Å²) >= 11 is 0. The monoisotopic (exact) mass is 430 g/mol. The second-order valence-corrected chi connectivity index (χ2v) is 13.9. The highest BCUT2D eigenvalue weighted by Gasteiger charge is 2.58. The Kier molecular flexibility index (Phi) is 6.67. The Hall–Kier alpha value is -1.69. The second kappa shape index (κ2) is 8.21. The molecule has 2 rings (SSSR count). The highest BCUT2D eigenvalue weighted by Crippen LogP contribution is 2.43. The van der Waals surface area contributed by atoms with Gasteiger partial charge in [-0.25, -0.2) is 0 Å². The van der Waals surface area contributed by atoms with Crippen LogP contribution >= 0.6 is 0 Å². The van der Waals surface area contributed by atoms with Gasteiger partial charge in [0.15, 0.2) is 26.5 Å². The summed E-state index contributed by atoms with van der Waals surface area (Å²) < 4.78 is 23.7. The van der Waals surface area contributed by atoms with Gasteiger partial charge >= 0.3 is 5.97 Å². The van der Waals surface area contributed by atoms with Gasteiger partial charge in [0.25, 0.3) is 5.91 Å². The summed E-state index contributed by atoms with van der Waals surface area (Å²) in [5, 5.41) is 14.8. The largest absolute Gasteiger partial charge is 0.480 e. The number of hydrogen-bond donors (Lipinski definition) is 2. The van der Waals surface area contributed by atoms with Crippen LogP contribution in [-0.4, -0.2) is 68.3 Å². The van der Waals surface area contributed by atoms with Gasteiger partial charge in [0.2, 0.25) is 0 Å². The molecular weight excluding hydrogens is 400 g/mol. The predicted molar refractivity (Wildman–Crippen MR) is 104 cm³/mol. The van der Waals surface area contributed by atoms with E-state index < -0.39 is 63.2 Å². The molecule has 29 heavy (non-hydrogen) atoms. The van der Waals surface area contributed by atoms with Crippen molar-refractivity contribution in [2.45, 2.75) is 89.2 Å². The van der Waals surface area contributed by atoms with Crippen LogP contribution in [0.5, 0.6) is 0 Å². The fourth-order valence-electron chi connectivity index (χ4n) is 2.98. The summed E-state index contributed by atoms with van der Waals surface area (Å²) in [4.78, 5) is 26.6. The van der Waals surface area contributed by atoms with Gasteiger partial charge < -0.3 is 29.1 Å². The molecule has 0 aliphatic carbocycles. The number of hydrogen-bond acceptors (Lipinski definition) is 7. The lowest BCUT2D eigenvalue weighted by Crippen LogP contribution is -2.56. The second-order valence-electron chi connectivity index (χ2n) is 9.18. The van der Waals surface area contributed by atoms with Crippen molar-refractivity contribution in [2.24, 2.45) is 5.11 Å². The number of aliphatic carboxylic acids is 1. The Morgan fingerprint density at radius 3 is 2.48 bits per heavy atom. The van der Waals surface area contributed by atoms with E-state index in [0.29, 0.717) is 0 Å². The third-order valence-electron chi connectivity index (χ3n) is 5.44. The molecule has 2 aliphatic heterocycles. The standard InChI is InChI=1S/C17H30N4O7Si/c1-16(2,3)29(6,7)28-13(14(24)19-8-9(22)23)11-10(20-21-18)12-15(25-11)27-17(4,5)26-12/h10-13,15H,8H2,1-7H3,(H,19,24)(H,22,23)/t10?,11-,12+,13+,15+/m0/s1. The van der Waals surface area contributed by atoms with Gasteiger partial charge in [-0.1, -0.05) is 25.9 Å². The SMILES string of the molecule is CC1(C)O[C@H]2O[C@H]([C@@H](O[Si](C)(C)C(C)(C)C)C(=O)NCC(=O)O)C(N=[N+]=[N-])[C@H]2O1. The first-order valence-electron chi connectivity index (χ1n) is 9.41. The quantitative estimate of drug-likeness (QED) is 0.271. The van der Waals surface area contributed by atoms with E-state index in [9.17, 15) is 9.59 Å². The van der Waals surface area contributed by atoms with Gasteiger partial charge in [0.1, 0.15) is 18.8 Å². The van der Waals surface area contributed by atoms with E-state index in [1.165, 1.54) is 0 Å². The van der Waals surface area contributed by atoms with Crippen LogP contribution in [0.1, 0.15) is 34.6 Å². The van der Waals surface area contributed by atoms with Gasteiger partial charge in [-0.15, -0.1) is 0 Å². The topological polar surface area (TPSA) is 152 Å². The number of azide groups is 1. The van der Waals surface area contributed by atoms with Crippen molar-refractivity contribution in [3.8, 4) is 0 Å². The smallest absolute Gasteiger partial charge is 0.322 e. The molecule has 0 aromatic rings. The molecule has 2 N–H and O–H groups in total. The van der Waals surface area contributed by atoms with Gasteiger partial charge in [-0.2, -0.15) is 0 Å². The van der Waals surface area contributed by atoms with E-state index in [0.717, 1.165) is 0 Å². The van der Waals surface area contributed by atoms with E-state index >= 15 is 0 Å². The van der Waals surface area contributed by atoms with Gasteiger partial charge in [0, 0.05) is 4.91 Å². The van der Waals surface area contributed by atoms with Crippen LogP contribution in [0.2, 0.25) is 18.1 Å². The molecule has 164 valence electrons. The van der Waals surface area contributed by atoms with Gasteiger partial charge in [-0.05, 0) is 37.5 Å². The summed E-state index contributed by atoms with van der Waals surface area (Å²) in [5.74, 6) is -2.77. The van der Waals surface area contributed by atoms with Crippen LogP contribution in [0.15, 0.2) is 5.11 Å². The molecule has 0 bridgehead atoms. The minimum Gasteiger partial charge on any atom is -0.480 e. The molecule has 0 saturated carbocycles. The molecule has 1 unspecified atom stereocenters. The fraction of sp³-hybridized carbons (Fsp3) is 0.882. The third-order valence-corrected chi connectivity index (χ3v) is 9.89. The molecule has 0 aromatic carbocycles. The number of carbonyl (C=O) groups excluding carboxylic acids is 1. The molecule has 2 saturated heterocycles. The van der Waals surface area contributed by atoms with Crippen molar-refractivity contribution in [2.75, 3.05) is 6.54 Å². The number of carboxylic acids is 1. The maximum Gasteiger partial charge on any atom is 0.322 e.